The van der Waals surface area contributed by atoms with Crippen LogP contribution >= 0.6 is 0 Å². The van der Waals surface area contributed by atoms with E-state index in [-0.39, 0.29) is 0 Å². The Morgan fingerprint density at radius 3 is 2.36 bits per heavy atom. The molecule has 11 heavy (non-hydrogen) atoms. The minimum Gasteiger partial charge on any atom is -0.420 e. The van der Waals surface area contributed by atoms with Crippen molar-refractivity contribution >= 4 is 8.32 Å². The Balaban J connectivity index is 3.68. The van der Waals surface area contributed by atoms with Crippen molar-refractivity contribution < 1.29 is 9.53 Å². The molecule has 2 nitrogen and oxygen atoms in total. The first kappa shape index (κ1) is 11.1. The summed E-state index contributed by atoms with van der Waals surface area (Å²) < 4.78 is 5.51. The zero-order chi connectivity index (χ0) is 8.74. The van der Waals surface area contributed by atoms with Crippen LogP contribution in [0.25, 0.3) is 0 Å². The van der Waals surface area contributed by atoms with Gasteiger partial charge in [-0.15, -0.1) is 0 Å². The van der Waals surface area contributed by atoms with Crippen LogP contribution in [0.15, 0.2) is 0 Å². The number of hydrogen-bond acceptors (Lipinski definition) is 2. The van der Waals surface area contributed by atoms with Crippen molar-refractivity contribution in [1.82, 2.24) is 0 Å². The second-order valence-corrected chi connectivity index (χ2v) is 7.54. The van der Waals surface area contributed by atoms with Gasteiger partial charge in [0.05, 0.1) is 0 Å². The highest BCUT2D eigenvalue weighted by atomic mass is 28.4. The Bertz CT molecular complexity index is 98.1. The summed E-state index contributed by atoms with van der Waals surface area (Å²) in [5.41, 5.74) is 0. The van der Waals surface area contributed by atoms with Crippen LogP contribution in [-0.2, 0) is 4.43 Å². The van der Waals surface area contributed by atoms with E-state index in [0.717, 1.165) is 12.5 Å². The number of rotatable bonds is 6. The lowest BCUT2D eigenvalue weighted by molar-refractivity contribution is 0.289. The fraction of sp³-hybridized carbons (Fsp3) is 1.00. The van der Waals surface area contributed by atoms with Crippen LogP contribution < -0.4 is 0 Å². The summed E-state index contributed by atoms with van der Waals surface area (Å²) in [6.45, 7) is 4.73. The van der Waals surface area contributed by atoms with Gasteiger partial charge in [-0.2, -0.15) is 0 Å². The molecule has 0 spiro atoms. The van der Waals surface area contributed by atoms with Crippen molar-refractivity contribution in [3.8, 4) is 0 Å². The lowest BCUT2D eigenvalue weighted by Crippen LogP contribution is -2.32. The summed E-state index contributed by atoms with van der Waals surface area (Å²) in [6, 6.07) is 2.30. The summed E-state index contributed by atoms with van der Waals surface area (Å²) in [6.07, 6.45) is 2.10. The van der Waals surface area contributed by atoms with Crippen LogP contribution in [-0.4, -0.2) is 27.1 Å². The predicted octanol–water partition coefficient (Wildman–Crippen LogP) is 2.00. The van der Waals surface area contributed by atoms with E-state index in [1.165, 1.54) is 12.5 Å². The third-order valence-corrected chi connectivity index (χ3v) is 6.09. The van der Waals surface area contributed by atoms with E-state index in [1.807, 2.05) is 0 Å². The van der Waals surface area contributed by atoms with Crippen molar-refractivity contribution in [1.29, 1.82) is 0 Å². The Labute approximate surface area is 70.7 Å². The van der Waals surface area contributed by atoms with Gasteiger partial charge in [0.15, 0.2) is 8.32 Å². The maximum Gasteiger partial charge on any atom is 0.189 e. The van der Waals surface area contributed by atoms with Gasteiger partial charge in [0.25, 0.3) is 0 Å². The van der Waals surface area contributed by atoms with E-state index in [1.54, 1.807) is 7.11 Å². The SMILES string of the molecule is CCC[Si](C)(CCCO)OC. The fourth-order valence-corrected chi connectivity index (χ4v) is 3.93. The summed E-state index contributed by atoms with van der Waals surface area (Å²) in [5.74, 6) is 0. The van der Waals surface area contributed by atoms with Crippen LogP contribution in [0.1, 0.15) is 19.8 Å². The Morgan fingerprint density at radius 2 is 2.00 bits per heavy atom. The van der Waals surface area contributed by atoms with E-state index in [2.05, 4.69) is 13.5 Å². The van der Waals surface area contributed by atoms with Crippen LogP contribution in [0.4, 0.5) is 0 Å². The molecule has 0 rings (SSSR count). The van der Waals surface area contributed by atoms with Gasteiger partial charge >= 0.3 is 0 Å². The fourth-order valence-electron chi connectivity index (χ4n) is 1.31. The van der Waals surface area contributed by atoms with Gasteiger partial charge in [-0.05, 0) is 25.1 Å². The molecule has 1 N–H and O–H groups in total. The van der Waals surface area contributed by atoms with Crippen molar-refractivity contribution in [3.05, 3.63) is 0 Å². The molecule has 0 aromatic heterocycles. The molecule has 0 saturated heterocycles. The van der Waals surface area contributed by atoms with Crippen molar-refractivity contribution in [2.45, 2.75) is 38.4 Å². The largest absolute Gasteiger partial charge is 0.420 e. The van der Waals surface area contributed by atoms with Gasteiger partial charge in [-0.25, -0.2) is 0 Å². The smallest absolute Gasteiger partial charge is 0.189 e. The quantitative estimate of drug-likeness (QED) is 0.627. The number of aliphatic hydroxyl groups excluding tert-OH is 1. The molecule has 0 radical (unpaired) electrons. The average Bonchev–Trinajstić information content (AvgIpc) is 2.02. The first-order valence-electron chi connectivity index (χ1n) is 4.34. The van der Waals surface area contributed by atoms with Crippen LogP contribution in [0.5, 0.6) is 0 Å². The Morgan fingerprint density at radius 1 is 1.36 bits per heavy atom. The molecule has 0 saturated carbocycles. The van der Waals surface area contributed by atoms with Crippen molar-refractivity contribution in [3.63, 3.8) is 0 Å². The molecule has 0 aromatic carbocycles. The third kappa shape index (κ3) is 4.56. The van der Waals surface area contributed by atoms with Crippen molar-refractivity contribution in [2.24, 2.45) is 0 Å². The molecular weight excluding hydrogens is 156 g/mol. The summed E-state index contributed by atoms with van der Waals surface area (Å²) in [7, 11) is 0.400. The maximum atomic E-state index is 8.66. The minimum absolute atomic E-state index is 0.301. The van der Waals surface area contributed by atoms with E-state index >= 15 is 0 Å². The lowest BCUT2D eigenvalue weighted by atomic mass is 10.5. The molecule has 0 heterocycles. The molecule has 0 fully saturated rings. The maximum absolute atomic E-state index is 8.66. The summed E-state index contributed by atoms with van der Waals surface area (Å²) in [5, 5.41) is 8.66. The second-order valence-electron chi connectivity index (χ2n) is 3.23. The first-order chi connectivity index (χ1) is 5.18. The zero-order valence-electron chi connectivity index (χ0n) is 7.89. The Hall–Kier alpha value is 0.137. The predicted molar refractivity (Wildman–Crippen MR) is 50.2 cm³/mol. The van der Waals surface area contributed by atoms with Gasteiger partial charge in [-0.1, -0.05) is 13.3 Å². The normalized spacial score (nSPS) is 16.4. The highest BCUT2D eigenvalue weighted by Gasteiger charge is 2.25. The lowest BCUT2D eigenvalue weighted by Gasteiger charge is -2.24. The highest BCUT2D eigenvalue weighted by molar-refractivity contribution is 6.72. The summed E-state index contributed by atoms with van der Waals surface area (Å²) in [4.78, 5) is 0. The van der Waals surface area contributed by atoms with Gasteiger partial charge in [0.1, 0.15) is 0 Å². The summed E-state index contributed by atoms with van der Waals surface area (Å²) >= 11 is 0. The molecule has 0 aliphatic heterocycles. The van der Waals surface area contributed by atoms with Gasteiger partial charge in [0.2, 0.25) is 0 Å². The molecule has 0 aliphatic carbocycles. The van der Waals surface area contributed by atoms with Gasteiger partial charge in [-0.3, -0.25) is 0 Å². The highest BCUT2D eigenvalue weighted by Crippen LogP contribution is 2.19. The van der Waals surface area contributed by atoms with E-state index in [9.17, 15) is 0 Å². The molecule has 68 valence electrons. The number of aliphatic hydroxyl groups is 1. The monoisotopic (exact) mass is 176 g/mol. The van der Waals surface area contributed by atoms with Crippen molar-refractivity contribution in [2.75, 3.05) is 13.7 Å². The molecule has 0 aliphatic rings. The van der Waals surface area contributed by atoms with Crippen LogP contribution in [0.2, 0.25) is 18.6 Å². The minimum atomic E-state index is -1.40. The number of hydrogen-bond donors (Lipinski definition) is 1. The van der Waals surface area contributed by atoms with Crippen LogP contribution in [0, 0.1) is 0 Å². The second kappa shape index (κ2) is 5.74. The van der Waals surface area contributed by atoms with E-state index < -0.39 is 8.32 Å². The molecule has 0 amide bonds. The van der Waals surface area contributed by atoms with Gasteiger partial charge < -0.3 is 9.53 Å². The van der Waals surface area contributed by atoms with Gasteiger partial charge in [0, 0.05) is 13.7 Å². The molecular formula is C8H20O2Si. The molecule has 0 bridgehead atoms. The molecule has 3 heteroatoms. The molecule has 1 unspecified atom stereocenters. The average molecular weight is 176 g/mol. The standard InChI is InChI=1S/C8H20O2Si/c1-4-7-11(3,10-2)8-5-6-9/h9H,4-8H2,1-3H3. The topological polar surface area (TPSA) is 29.5 Å². The van der Waals surface area contributed by atoms with E-state index in [0.29, 0.717) is 6.61 Å². The molecule has 1 atom stereocenters. The zero-order valence-corrected chi connectivity index (χ0v) is 8.89. The third-order valence-electron chi connectivity index (χ3n) is 2.14. The molecule has 0 aromatic rings. The van der Waals surface area contributed by atoms with Crippen LogP contribution in [0.3, 0.4) is 0 Å². The van der Waals surface area contributed by atoms with E-state index in [4.69, 9.17) is 9.53 Å². The first-order valence-corrected chi connectivity index (χ1v) is 7.17. The Kier molecular flexibility index (Phi) is 5.82.